The van der Waals surface area contributed by atoms with Gasteiger partial charge in [-0.05, 0) is 107 Å². The van der Waals surface area contributed by atoms with Crippen LogP contribution in [0.3, 0.4) is 0 Å². The molecular formula is C54H82N2O8. The van der Waals surface area contributed by atoms with E-state index in [1.54, 1.807) is 0 Å². The van der Waals surface area contributed by atoms with Gasteiger partial charge in [0.2, 0.25) is 0 Å². The number of amides is 2. The molecule has 10 nitrogen and oxygen atoms in total. The van der Waals surface area contributed by atoms with Gasteiger partial charge in [0, 0.05) is 13.1 Å². The molecule has 0 bridgehead atoms. The number of fused-ring (bicyclic) bond motifs is 6. The normalized spacial score (nSPS) is 11.3. The van der Waals surface area contributed by atoms with E-state index in [-0.39, 0.29) is 25.0 Å². The highest BCUT2D eigenvalue weighted by molar-refractivity contribution is 6.27. The van der Waals surface area contributed by atoms with Crippen LogP contribution in [0.25, 0.3) is 32.3 Å². The Morgan fingerprint density at radius 3 is 0.797 bits per heavy atom. The fraction of sp³-hybridized carbons (Fsp3) is 0.630. The van der Waals surface area contributed by atoms with Gasteiger partial charge in [-0.25, -0.2) is 0 Å². The number of nitrogens with one attached hydrogen (secondary N) is 2. The van der Waals surface area contributed by atoms with Gasteiger partial charge >= 0.3 is 0 Å². The van der Waals surface area contributed by atoms with Crippen LogP contribution in [0.1, 0.15) is 170 Å². The molecule has 0 aliphatic rings. The maximum atomic E-state index is 13.0. The van der Waals surface area contributed by atoms with E-state index in [4.69, 9.17) is 28.4 Å². The first-order valence-electron chi connectivity index (χ1n) is 25.2. The van der Waals surface area contributed by atoms with E-state index >= 15 is 0 Å². The maximum absolute atomic E-state index is 13.0. The summed E-state index contributed by atoms with van der Waals surface area (Å²) >= 11 is 0. The lowest BCUT2D eigenvalue weighted by molar-refractivity contribution is -0.123. The number of benzene rings is 4. The van der Waals surface area contributed by atoms with Crippen LogP contribution in [-0.2, 0) is 9.59 Å². The monoisotopic (exact) mass is 887 g/mol. The maximum Gasteiger partial charge on any atom is 0.257 e. The summed E-state index contributed by atoms with van der Waals surface area (Å²) in [5, 5.41) is 11.6. The Labute approximate surface area is 385 Å². The first-order chi connectivity index (χ1) is 31.4. The van der Waals surface area contributed by atoms with Gasteiger partial charge < -0.3 is 39.1 Å². The van der Waals surface area contributed by atoms with Crippen LogP contribution in [0.5, 0.6) is 34.5 Å². The summed E-state index contributed by atoms with van der Waals surface area (Å²) in [6.07, 6.45) is 21.0. The molecule has 0 saturated heterocycles. The predicted octanol–water partition coefficient (Wildman–Crippen LogP) is 13.6. The summed E-state index contributed by atoms with van der Waals surface area (Å²) < 4.78 is 39.0. The van der Waals surface area contributed by atoms with Gasteiger partial charge in [-0.2, -0.15) is 0 Å². The Hall–Kier alpha value is -4.60. The minimum Gasteiger partial charge on any atom is -0.490 e. The van der Waals surface area contributed by atoms with Gasteiger partial charge in [0.15, 0.2) is 47.7 Å². The SMILES string of the molecule is CCCCCCOc1cc2c(cc1OCCCCCC)c1cc(OCC(=O)NCCCC)c(OCCCCCC)cc1c1cc(OCCCCCC)c(OCC(=O)NCCCC)cc21. The van der Waals surface area contributed by atoms with Crippen LogP contribution >= 0.6 is 0 Å². The van der Waals surface area contributed by atoms with Crippen LogP contribution < -0.4 is 39.1 Å². The number of carbonyl (C=O) groups is 2. The largest absolute Gasteiger partial charge is 0.490 e. The Bertz CT molecular complexity index is 1820. The second-order valence-electron chi connectivity index (χ2n) is 17.2. The van der Waals surface area contributed by atoms with Crippen molar-refractivity contribution in [1.82, 2.24) is 10.6 Å². The molecule has 0 aliphatic carbocycles. The van der Waals surface area contributed by atoms with E-state index in [0.717, 1.165) is 161 Å². The topological polar surface area (TPSA) is 114 Å². The average molecular weight is 887 g/mol. The molecule has 10 heteroatoms. The van der Waals surface area contributed by atoms with Gasteiger partial charge in [0.1, 0.15) is 0 Å². The smallest absolute Gasteiger partial charge is 0.257 e. The zero-order valence-corrected chi connectivity index (χ0v) is 40.5. The van der Waals surface area contributed by atoms with Crippen molar-refractivity contribution in [3.8, 4) is 34.5 Å². The van der Waals surface area contributed by atoms with Gasteiger partial charge in [-0.1, -0.05) is 131 Å². The second-order valence-corrected chi connectivity index (χ2v) is 17.2. The van der Waals surface area contributed by atoms with Gasteiger partial charge in [-0.15, -0.1) is 0 Å². The minimum absolute atomic E-state index is 0.127. The Kier molecular flexibility index (Phi) is 24.8. The third kappa shape index (κ3) is 17.1. The van der Waals surface area contributed by atoms with Crippen molar-refractivity contribution in [2.45, 2.75) is 170 Å². The van der Waals surface area contributed by atoms with Crippen molar-refractivity contribution in [3.05, 3.63) is 36.4 Å². The Morgan fingerprint density at radius 1 is 0.328 bits per heavy atom. The quantitative estimate of drug-likeness (QED) is 0.0343. The van der Waals surface area contributed by atoms with Crippen molar-refractivity contribution in [2.24, 2.45) is 0 Å². The van der Waals surface area contributed by atoms with E-state index < -0.39 is 0 Å². The van der Waals surface area contributed by atoms with Crippen LogP contribution in [-0.4, -0.2) is 64.5 Å². The van der Waals surface area contributed by atoms with Crippen molar-refractivity contribution in [1.29, 1.82) is 0 Å². The number of hydrogen-bond donors (Lipinski definition) is 2. The molecule has 4 rings (SSSR count). The van der Waals surface area contributed by atoms with Gasteiger partial charge in [-0.3, -0.25) is 9.59 Å². The summed E-state index contributed by atoms with van der Waals surface area (Å²) in [7, 11) is 0. The fourth-order valence-corrected chi connectivity index (χ4v) is 7.74. The highest BCUT2D eigenvalue weighted by Gasteiger charge is 2.21. The number of rotatable bonds is 36. The summed E-state index contributed by atoms with van der Waals surface area (Å²) in [6, 6.07) is 12.3. The number of ether oxygens (including phenoxy) is 6. The summed E-state index contributed by atoms with van der Waals surface area (Å²) in [5.74, 6) is 3.23. The molecule has 0 unspecified atom stereocenters. The zero-order valence-electron chi connectivity index (χ0n) is 40.5. The minimum atomic E-state index is -0.169. The van der Waals surface area contributed by atoms with Gasteiger partial charge in [0.25, 0.3) is 11.8 Å². The van der Waals surface area contributed by atoms with E-state index in [1.807, 2.05) is 12.1 Å². The molecule has 0 saturated carbocycles. The van der Waals surface area contributed by atoms with Crippen LogP contribution in [0.4, 0.5) is 0 Å². The number of carbonyl (C=O) groups excluding carboxylic acids is 2. The molecule has 0 fully saturated rings. The number of hydrogen-bond acceptors (Lipinski definition) is 8. The molecule has 2 amide bonds. The Balaban J connectivity index is 1.98. The molecule has 2 N–H and O–H groups in total. The highest BCUT2D eigenvalue weighted by Crippen LogP contribution is 2.47. The van der Waals surface area contributed by atoms with Crippen LogP contribution in [0.15, 0.2) is 36.4 Å². The summed E-state index contributed by atoms with van der Waals surface area (Å²) in [6.45, 7) is 16.2. The molecule has 0 radical (unpaired) electrons. The van der Waals surface area contributed by atoms with E-state index in [1.165, 1.54) is 0 Å². The third-order valence-electron chi connectivity index (χ3n) is 11.6. The highest BCUT2D eigenvalue weighted by atomic mass is 16.5. The van der Waals surface area contributed by atoms with Gasteiger partial charge in [0.05, 0.1) is 26.4 Å². The third-order valence-corrected chi connectivity index (χ3v) is 11.6. The molecule has 0 aliphatic heterocycles. The van der Waals surface area contributed by atoms with Crippen molar-refractivity contribution >= 4 is 44.1 Å². The van der Waals surface area contributed by atoms with Crippen LogP contribution in [0.2, 0.25) is 0 Å². The van der Waals surface area contributed by atoms with E-state index in [2.05, 4.69) is 76.4 Å². The summed E-state index contributed by atoms with van der Waals surface area (Å²) in [5.41, 5.74) is 0. The molecule has 0 spiro atoms. The molecule has 0 aromatic heterocycles. The summed E-state index contributed by atoms with van der Waals surface area (Å²) in [4.78, 5) is 26.0. The first-order valence-corrected chi connectivity index (χ1v) is 25.2. The first kappa shape index (κ1) is 52.0. The van der Waals surface area contributed by atoms with Crippen molar-refractivity contribution in [3.63, 3.8) is 0 Å². The zero-order chi connectivity index (χ0) is 45.8. The fourth-order valence-electron chi connectivity index (χ4n) is 7.74. The Morgan fingerprint density at radius 2 is 0.562 bits per heavy atom. The van der Waals surface area contributed by atoms with E-state index in [0.29, 0.717) is 74.0 Å². The molecule has 4 aromatic carbocycles. The molecule has 4 aromatic rings. The lowest BCUT2D eigenvalue weighted by atomic mass is 9.93. The number of unbranched alkanes of at least 4 members (excludes halogenated alkanes) is 14. The molecule has 0 atom stereocenters. The lowest BCUT2D eigenvalue weighted by Crippen LogP contribution is -2.29. The average Bonchev–Trinajstić information content (AvgIpc) is 3.30. The molecule has 0 heterocycles. The van der Waals surface area contributed by atoms with E-state index in [9.17, 15) is 9.59 Å². The molecule has 356 valence electrons. The van der Waals surface area contributed by atoms with Crippen molar-refractivity contribution in [2.75, 3.05) is 52.7 Å². The lowest BCUT2D eigenvalue weighted by Gasteiger charge is -2.20. The standard InChI is InChI=1S/C54H82N2O8/c1-7-13-19-23-29-59-47-33-41-42(34-48(47)60-30-24-20-14-8-2)46-38-52(64-40-54(58)56-28-18-12-6)50(62-32-26-22-16-10-4)36-44(46)43-35-49(61-31-25-21-15-9-3)51(37-45(41)43)63-39-53(57)55-27-17-11-5/h33-38H,7-32,39-40H2,1-6H3,(H,55,57)(H,56,58). The van der Waals surface area contributed by atoms with Crippen molar-refractivity contribution < 1.29 is 38.0 Å². The predicted molar refractivity (Wildman–Crippen MR) is 264 cm³/mol. The molecular weight excluding hydrogens is 805 g/mol. The molecule has 64 heavy (non-hydrogen) atoms. The second kappa shape index (κ2) is 30.5. The van der Waals surface area contributed by atoms with Crippen LogP contribution in [0, 0.1) is 0 Å².